The summed E-state index contributed by atoms with van der Waals surface area (Å²) in [5.74, 6) is 6.70. The van der Waals surface area contributed by atoms with Crippen LogP contribution in [0.15, 0.2) is 45.3 Å². The molecule has 0 aliphatic heterocycles. The second-order valence-electron chi connectivity index (χ2n) is 6.71. The van der Waals surface area contributed by atoms with E-state index >= 15 is 0 Å². The largest absolute Gasteiger partial charge is 0.335 e. The highest BCUT2D eigenvalue weighted by Gasteiger charge is 2.15. The maximum absolute atomic E-state index is 13.1. The monoisotopic (exact) mass is 430 g/mol. The van der Waals surface area contributed by atoms with Gasteiger partial charge in [-0.15, -0.1) is 10.2 Å². The van der Waals surface area contributed by atoms with Gasteiger partial charge in [0.05, 0.1) is 6.33 Å². The van der Waals surface area contributed by atoms with E-state index in [1.165, 1.54) is 44.0 Å². The normalized spacial score (nSPS) is 11.4. The number of thioether (sulfide) groups is 1. The van der Waals surface area contributed by atoms with E-state index in [-0.39, 0.29) is 17.9 Å². The molecule has 0 amide bonds. The Morgan fingerprint density at radius 2 is 1.87 bits per heavy atom. The zero-order valence-electron chi connectivity index (χ0n) is 16.3. The van der Waals surface area contributed by atoms with Crippen molar-refractivity contribution in [2.24, 2.45) is 14.1 Å². The molecular weight excluding hydrogens is 411 g/mol. The zero-order valence-corrected chi connectivity index (χ0v) is 17.1. The third kappa shape index (κ3) is 3.38. The van der Waals surface area contributed by atoms with Crippen LogP contribution in [0.5, 0.6) is 0 Å². The first-order valence-corrected chi connectivity index (χ1v) is 10.1. The predicted molar refractivity (Wildman–Crippen MR) is 111 cm³/mol. The highest BCUT2D eigenvalue weighted by atomic mass is 32.2. The van der Waals surface area contributed by atoms with Crippen molar-refractivity contribution in [1.29, 1.82) is 0 Å². The summed E-state index contributed by atoms with van der Waals surface area (Å²) in [6, 6.07) is 5.81. The fraction of sp³-hybridized carbons (Fsp3) is 0.278. The van der Waals surface area contributed by atoms with Crippen LogP contribution in [0.4, 0.5) is 4.39 Å². The number of rotatable bonds is 6. The standard InChI is InChI=1S/C18H19FN8O2S/c1-24-10-21-15-13(24)16(28)26(18(29)25(15)2)8-3-9-30-17-23-22-14(27(17)20)11-4-6-12(19)7-5-11/h4-7,10H,3,8-9,20H2,1-2H3. The Balaban J connectivity index is 1.46. The Labute approximate surface area is 173 Å². The predicted octanol–water partition coefficient (Wildman–Crippen LogP) is 0.727. The molecule has 4 aromatic rings. The average Bonchev–Trinajstić information content (AvgIpc) is 3.29. The topological polar surface area (TPSA) is 119 Å². The fourth-order valence-electron chi connectivity index (χ4n) is 3.15. The van der Waals surface area contributed by atoms with Gasteiger partial charge >= 0.3 is 5.69 Å². The van der Waals surface area contributed by atoms with Gasteiger partial charge in [0, 0.05) is 32.0 Å². The van der Waals surface area contributed by atoms with E-state index < -0.39 is 5.69 Å². The second kappa shape index (κ2) is 7.78. The van der Waals surface area contributed by atoms with Crippen LogP contribution in [0, 0.1) is 5.82 Å². The van der Waals surface area contributed by atoms with Crippen LogP contribution in [-0.2, 0) is 20.6 Å². The first-order chi connectivity index (χ1) is 14.4. The van der Waals surface area contributed by atoms with E-state index in [4.69, 9.17) is 5.84 Å². The van der Waals surface area contributed by atoms with Gasteiger partial charge in [0.15, 0.2) is 17.0 Å². The quantitative estimate of drug-likeness (QED) is 0.272. The van der Waals surface area contributed by atoms with Crippen molar-refractivity contribution in [2.75, 3.05) is 11.6 Å². The molecule has 0 aliphatic rings. The van der Waals surface area contributed by atoms with Crippen LogP contribution < -0.4 is 17.1 Å². The Hall–Kier alpha value is -3.41. The molecule has 30 heavy (non-hydrogen) atoms. The number of fused-ring (bicyclic) bond motifs is 1. The van der Waals surface area contributed by atoms with Gasteiger partial charge in [-0.1, -0.05) is 11.8 Å². The summed E-state index contributed by atoms with van der Waals surface area (Å²) in [7, 11) is 3.31. The second-order valence-corrected chi connectivity index (χ2v) is 7.77. The highest BCUT2D eigenvalue weighted by Crippen LogP contribution is 2.22. The third-order valence-electron chi connectivity index (χ3n) is 4.73. The molecule has 12 heteroatoms. The van der Waals surface area contributed by atoms with E-state index in [2.05, 4.69) is 15.2 Å². The van der Waals surface area contributed by atoms with Gasteiger partial charge in [-0.25, -0.2) is 18.8 Å². The Bertz CT molecular complexity index is 1340. The lowest BCUT2D eigenvalue weighted by Crippen LogP contribution is -2.39. The van der Waals surface area contributed by atoms with Crippen LogP contribution in [0.2, 0.25) is 0 Å². The van der Waals surface area contributed by atoms with Crippen molar-refractivity contribution in [3.63, 3.8) is 0 Å². The molecule has 0 spiro atoms. The number of nitrogen functional groups attached to an aromatic ring is 1. The minimum absolute atomic E-state index is 0.253. The molecule has 0 fully saturated rings. The Morgan fingerprint density at radius 1 is 1.13 bits per heavy atom. The lowest BCUT2D eigenvalue weighted by Gasteiger charge is -2.08. The molecule has 1 aromatic carbocycles. The number of aromatic nitrogens is 7. The molecule has 0 saturated carbocycles. The highest BCUT2D eigenvalue weighted by molar-refractivity contribution is 7.99. The number of aryl methyl sites for hydroxylation is 2. The van der Waals surface area contributed by atoms with E-state index in [1.807, 2.05) is 0 Å². The van der Waals surface area contributed by atoms with E-state index in [1.54, 1.807) is 30.8 Å². The number of nitrogens with zero attached hydrogens (tertiary/aromatic N) is 7. The number of benzene rings is 1. The van der Waals surface area contributed by atoms with Crippen LogP contribution in [-0.4, -0.2) is 39.3 Å². The first kappa shape index (κ1) is 19.9. The van der Waals surface area contributed by atoms with Gasteiger partial charge in [-0.3, -0.25) is 13.9 Å². The van der Waals surface area contributed by atoms with E-state index in [9.17, 15) is 14.0 Å². The molecule has 0 radical (unpaired) electrons. The molecule has 0 aliphatic carbocycles. The minimum Gasteiger partial charge on any atom is -0.335 e. The number of hydrogen-bond acceptors (Lipinski definition) is 7. The van der Waals surface area contributed by atoms with Crippen LogP contribution >= 0.6 is 11.8 Å². The lowest BCUT2D eigenvalue weighted by molar-refractivity contribution is 0.594. The molecule has 2 N–H and O–H groups in total. The maximum Gasteiger partial charge on any atom is 0.332 e. The summed E-state index contributed by atoms with van der Waals surface area (Å²) in [5, 5.41) is 8.60. The van der Waals surface area contributed by atoms with Crippen molar-refractivity contribution in [3.8, 4) is 11.4 Å². The van der Waals surface area contributed by atoms with Crippen molar-refractivity contribution in [1.82, 2.24) is 33.6 Å². The molecule has 3 heterocycles. The lowest BCUT2D eigenvalue weighted by atomic mass is 10.2. The van der Waals surface area contributed by atoms with Crippen molar-refractivity contribution < 1.29 is 4.39 Å². The van der Waals surface area contributed by atoms with Crippen LogP contribution in [0.1, 0.15) is 6.42 Å². The summed E-state index contributed by atoms with van der Waals surface area (Å²) in [5.41, 5.74) is 0.631. The average molecular weight is 430 g/mol. The van der Waals surface area contributed by atoms with Gasteiger partial charge < -0.3 is 10.4 Å². The summed E-state index contributed by atoms with van der Waals surface area (Å²) in [6.07, 6.45) is 2.06. The summed E-state index contributed by atoms with van der Waals surface area (Å²) < 4.78 is 18.6. The van der Waals surface area contributed by atoms with Crippen molar-refractivity contribution >= 4 is 22.9 Å². The summed E-state index contributed by atoms with van der Waals surface area (Å²) in [4.78, 5) is 29.3. The molecule has 0 bridgehead atoms. The maximum atomic E-state index is 13.1. The number of nitrogens with two attached hydrogens (primary N) is 1. The fourth-order valence-corrected chi connectivity index (χ4v) is 3.93. The van der Waals surface area contributed by atoms with Crippen LogP contribution in [0.25, 0.3) is 22.6 Å². The van der Waals surface area contributed by atoms with Crippen molar-refractivity contribution in [2.45, 2.75) is 18.1 Å². The van der Waals surface area contributed by atoms with E-state index in [0.717, 1.165) is 0 Å². The molecule has 10 nitrogen and oxygen atoms in total. The smallest absolute Gasteiger partial charge is 0.332 e. The van der Waals surface area contributed by atoms with Gasteiger partial charge in [0.25, 0.3) is 5.56 Å². The third-order valence-corrected chi connectivity index (χ3v) is 5.75. The van der Waals surface area contributed by atoms with Gasteiger partial charge in [0.2, 0.25) is 5.16 Å². The zero-order chi connectivity index (χ0) is 21.4. The van der Waals surface area contributed by atoms with Crippen LogP contribution in [0.3, 0.4) is 0 Å². The molecule has 156 valence electrons. The van der Waals surface area contributed by atoms with E-state index in [0.29, 0.717) is 39.9 Å². The molecule has 4 rings (SSSR count). The molecule has 3 aromatic heterocycles. The van der Waals surface area contributed by atoms with Gasteiger partial charge in [0.1, 0.15) is 5.82 Å². The van der Waals surface area contributed by atoms with Crippen molar-refractivity contribution in [3.05, 3.63) is 57.2 Å². The number of halogens is 1. The molecular formula is C18H19FN8O2S. The SMILES string of the molecule is Cn1cnc2c1c(=O)n(CCCSc1nnc(-c3ccc(F)cc3)n1N)c(=O)n2C. The first-order valence-electron chi connectivity index (χ1n) is 9.08. The Morgan fingerprint density at radius 3 is 2.60 bits per heavy atom. The number of hydrogen-bond donors (Lipinski definition) is 1. The van der Waals surface area contributed by atoms with Gasteiger partial charge in [-0.05, 0) is 30.7 Å². The molecule has 0 unspecified atom stereocenters. The number of imidazole rings is 1. The Kier molecular flexibility index (Phi) is 5.16. The molecule has 0 saturated heterocycles. The van der Waals surface area contributed by atoms with Gasteiger partial charge in [-0.2, -0.15) is 0 Å². The summed E-state index contributed by atoms with van der Waals surface area (Å²) >= 11 is 1.36. The summed E-state index contributed by atoms with van der Waals surface area (Å²) in [6.45, 7) is 0.253. The minimum atomic E-state index is -0.406. The molecule has 0 atom stereocenters.